The molecule has 0 aliphatic carbocycles. The highest BCUT2D eigenvalue weighted by Gasteiger charge is 2.21. The van der Waals surface area contributed by atoms with Crippen LogP contribution in [-0.4, -0.2) is 70.0 Å². The Bertz CT molecular complexity index is 1000. The van der Waals surface area contributed by atoms with Crippen LogP contribution in [0.2, 0.25) is 0 Å². The molecule has 344 valence electrons. The minimum atomic E-state index is -4.62. The molecule has 0 amide bonds. The van der Waals surface area contributed by atoms with Gasteiger partial charge in [-0.2, -0.15) is 0 Å². The Morgan fingerprint density at radius 2 is 0.879 bits per heavy atom. The first kappa shape index (κ1) is 56.8. The molecule has 1 unspecified atom stereocenters. The minimum absolute atomic E-state index is 0.0276. The number of allylic oxidation sites excluding steroid dienone is 2. The number of rotatable bonds is 45. The van der Waals surface area contributed by atoms with Crippen molar-refractivity contribution in [1.29, 1.82) is 0 Å². The van der Waals surface area contributed by atoms with Crippen molar-refractivity contribution in [1.82, 2.24) is 0 Å². The maximum absolute atomic E-state index is 12.7. The number of quaternary nitrogens is 1. The molecule has 0 aromatic rings. The summed E-state index contributed by atoms with van der Waals surface area (Å²) in [6.45, 7) is 4.26. The number of ether oxygens (including phenoxy) is 2. The predicted molar refractivity (Wildman–Crippen MR) is 241 cm³/mol. The minimum Gasteiger partial charge on any atom is -0.756 e. The van der Waals surface area contributed by atoms with E-state index in [1.165, 1.54) is 167 Å². The number of likely N-dealkylation sites (N-methyl/N-ethyl adjacent to an activating group) is 1. The van der Waals surface area contributed by atoms with Crippen LogP contribution in [0.1, 0.15) is 232 Å². The van der Waals surface area contributed by atoms with Crippen molar-refractivity contribution in [2.75, 3.05) is 47.5 Å². The summed E-state index contributed by atoms with van der Waals surface area (Å²) in [5.41, 5.74) is 0. The lowest BCUT2D eigenvalue weighted by atomic mass is 10.0. The average molecular weight is 844 g/mol. The summed E-state index contributed by atoms with van der Waals surface area (Å²) in [6.07, 6.45) is 43.7. The number of hydrogen-bond donors (Lipinski definition) is 0. The molecule has 0 spiro atoms. The van der Waals surface area contributed by atoms with Crippen molar-refractivity contribution < 1.29 is 42.1 Å². The summed E-state index contributed by atoms with van der Waals surface area (Å²) in [4.78, 5) is 37.6. The number of carbonyl (C=O) groups excluding carboxylic acids is 2. The van der Waals surface area contributed by atoms with Gasteiger partial charge in [0.05, 0.1) is 27.7 Å². The van der Waals surface area contributed by atoms with Gasteiger partial charge in [0.1, 0.15) is 19.8 Å². The highest BCUT2D eigenvalue weighted by molar-refractivity contribution is 7.45. The molecule has 0 aliphatic heterocycles. The smallest absolute Gasteiger partial charge is 0.306 e. The van der Waals surface area contributed by atoms with Crippen LogP contribution in [0, 0.1) is 0 Å². The fourth-order valence-corrected chi connectivity index (χ4v) is 7.67. The molecule has 0 aliphatic rings. The molecule has 58 heavy (non-hydrogen) atoms. The van der Waals surface area contributed by atoms with Gasteiger partial charge in [-0.15, -0.1) is 0 Å². The van der Waals surface area contributed by atoms with Crippen LogP contribution in [0.15, 0.2) is 12.2 Å². The fraction of sp³-hybridized carbons (Fsp3) is 0.917. The molecule has 0 rings (SSSR count). The van der Waals surface area contributed by atoms with E-state index >= 15 is 0 Å². The van der Waals surface area contributed by atoms with E-state index in [0.717, 1.165) is 32.1 Å². The van der Waals surface area contributed by atoms with Crippen LogP contribution in [-0.2, 0) is 32.7 Å². The van der Waals surface area contributed by atoms with Crippen LogP contribution < -0.4 is 4.89 Å². The third-order valence-electron chi connectivity index (χ3n) is 10.8. The van der Waals surface area contributed by atoms with E-state index in [9.17, 15) is 19.0 Å². The number of phosphoric acid groups is 1. The first-order chi connectivity index (χ1) is 28.0. The monoisotopic (exact) mass is 844 g/mol. The van der Waals surface area contributed by atoms with Gasteiger partial charge in [-0.1, -0.05) is 193 Å². The summed E-state index contributed by atoms with van der Waals surface area (Å²) < 4.78 is 34.0. The number of nitrogens with zero attached hydrogens (tertiary/aromatic N) is 1. The molecular formula is C48H94NO8P. The van der Waals surface area contributed by atoms with E-state index in [2.05, 4.69) is 26.0 Å². The van der Waals surface area contributed by atoms with Crippen molar-refractivity contribution in [3.05, 3.63) is 12.2 Å². The zero-order valence-corrected chi connectivity index (χ0v) is 39.7. The maximum Gasteiger partial charge on any atom is 0.306 e. The Hall–Kier alpha value is -1.25. The molecule has 0 fully saturated rings. The Morgan fingerprint density at radius 1 is 0.517 bits per heavy atom. The largest absolute Gasteiger partial charge is 0.756 e. The van der Waals surface area contributed by atoms with Gasteiger partial charge in [-0.3, -0.25) is 14.2 Å². The lowest BCUT2D eigenvalue weighted by molar-refractivity contribution is -0.870. The predicted octanol–water partition coefficient (Wildman–Crippen LogP) is 13.5. The first-order valence-corrected chi connectivity index (χ1v) is 25.9. The Balaban J connectivity index is 4.25. The third-order valence-corrected chi connectivity index (χ3v) is 11.7. The zero-order chi connectivity index (χ0) is 42.8. The second-order valence-corrected chi connectivity index (χ2v) is 19.2. The quantitative estimate of drug-likeness (QED) is 0.0196. The van der Waals surface area contributed by atoms with Crippen molar-refractivity contribution in [3.8, 4) is 0 Å². The van der Waals surface area contributed by atoms with Gasteiger partial charge in [0.25, 0.3) is 7.82 Å². The van der Waals surface area contributed by atoms with E-state index in [1.807, 2.05) is 21.1 Å². The van der Waals surface area contributed by atoms with Gasteiger partial charge in [0.15, 0.2) is 6.10 Å². The standard InChI is InChI=1S/C48H94NO8P/c1-6-8-10-12-14-16-18-20-22-23-24-25-27-28-30-32-34-36-38-40-47(50)54-44-46(45-56-58(52,53)55-43-42-49(3,4)5)57-48(51)41-39-37-35-33-31-29-26-21-19-17-15-13-11-9-7-2/h20,22,46H,6-19,21,23-45H2,1-5H3/b22-20-/t46-/m1/s1. The van der Waals surface area contributed by atoms with Gasteiger partial charge >= 0.3 is 11.9 Å². The fourth-order valence-electron chi connectivity index (χ4n) is 6.95. The van der Waals surface area contributed by atoms with Crippen molar-refractivity contribution >= 4 is 19.8 Å². The summed E-state index contributed by atoms with van der Waals surface area (Å²) in [7, 11) is 1.18. The summed E-state index contributed by atoms with van der Waals surface area (Å²) >= 11 is 0. The first-order valence-electron chi connectivity index (χ1n) is 24.4. The molecule has 2 atom stereocenters. The molecule has 0 bridgehead atoms. The summed E-state index contributed by atoms with van der Waals surface area (Å²) in [6, 6.07) is 0. The summed E-state index contributed by atoms with van der Waals surface area (Å²) in [5, 5.41) is 0. The molecule has 0 heterocycles. The lowest BCUT2D eigenvalue weighted by Crippen LogP contribution is -2.37. The second kappa shape index (κ2) is 41.1. The number of unbranched alkanes of at least 4 members (excludes halogenated alkanes) is 29. The zero-order valence-electron chi connectivity index (χ0n) is 38.8. The van der Waals surface area contributed by atoms with Gasteiger partial charge < -0.3 is 27.9 Å². The third kappa shape index (κ3) is 44.3. The van der Waals surface area contributed by atoms with E-state index < -0.39 is 26.5 Å². The number of hydrogen-bond acceptors (Lipinski definition) is 8. The molecule has 0 saturated heterocycles. The van der Waals surface area contributed by atoms with Crippen LogP contribution >= 0.6 is 7.82 Å². The highest BCUT2D eigenvalue weighted by Crippen LogP contribution is 2.38. The molecule has 0 radical (unpaired) electrons. The Labute approximate surface area is 358 Å². The van der Waals surface area contributed by atoms with Crippen LogP contribution in [0.5, 0.6) is 0 Å². The van der Waals surface area contributed by atoms with Crippen molar-refractivity contribution in [3.63, 3.8) is 0 Å². The molecule has 10 heteroatoms. The second-order valence-electron chi connectivity index (χ2n) is 17.8. The number of phosphoric ester groups is 1. The van der Waals surface area contributed by atoms with E-state index in [4.69, 9.17) is 18.5 Å². The maximum atomic E-state index is 12.7. The van der Waals surface area contributed by atoms with E-state index in [1.54, 1.807) is 0 Å². The molecule has 0 aromatic heterocycles. The average Bonchev–Trinajstić information content (AvgIpc) is 3.17. The van der Waals surface area contributed by atoms with E-state index in [0.29, 0.717) is 17.4 Å². The Kier molecular flexibility index (Phi) is 40.2. The molecule has 0 N–H and O–H groups in total. The van der Waals surface area contributed by atoms with Gasteiger partial charge in [-0.25, -0.2) is 0 Å². The Morgan fingerprint density at radius 3 is 1.28 bits per heavy atom. The van der Waals surface area contributed by atoms with Crippen LogP contribution in [0.25, 0.3) is 0 Å². The molecule has 0 aromatic carbocycles. The normalized spacial score (nSPS) is 13.6. The van der Waals surface area contributed by atoms with E-state index in [-0.39, 0.29) is 32.0 Å². The highest BCUT2D eigenvalue weighted by atomic mass is 31.2. The number of esters is 2. The molecular weight excluding hydrogens is 750 g/mol. The molecule has 0 saturated carbocycles. The van der Waals surface area contributed by atoms with Gasteiger partial charge in [0.2, 0.25) is 0 Å². The topological polar surface area (TPSA) is 111 Å². The van der Waals surface area contributed by atoms with Crippen molar-refractivity contribution in [2.45, 2.75) is 238 Å². The molecule has 9 nitrogen and oxygen atoms in total. The summed E-state index contributed by atoms with van der Waals surface area (Å²) in [5.74, 6) is -0.823. The lowest BCUT2D eigenvalue weighted by Gasteiger charge is -2.28. The van der Waals surface area contributed by atoms with Crippen LogP contribution in [0.3, 0.4) is 0 Å². The van der Waals surface area contributed by atoms with Gasteiger partial charge in [0, 0.05) is 12.8 Å². The van der Waals surface area contributed by atoms with Crippen molar-refractivity contribution in [2.24, 2.45) is 0 Å². The van der Waals surface area contributed by atoms with Crippen LogP contribution in [0.4, 0.5) is 0 Å². The number of carbonyl (C=O) groups is 2. The van der Waals surface area contributed by atoms with Gasteiger partial charge in [-0.05, 0) is 38.5 Å². The SMILES string of the molecule is CCCCCCCC/C=C\CCCCCCCCCCCC(=O)OC[C@H](COP(=O)([O-])OCC[N+](C)(C)C)OC(=O)CCCCCCCCCCCCCCCCC.